The average Bonchev–Trinajstić information content (AvgIpc) is 3.13. The van der Waals surface area contributed by atoms with Crippen molar-refractivity contribution in [1.29, 1.82) is 0 Å². The van der Waals surface area contributed by atoms with Crippen LogP contribution in [0.25, 0.3) is 34.7 Å². The molecule has 0 saturated carbocycles. The van der Waals surface area contributed by atoms with Crippen LogP contribution in [0.3, 0.4) is 0 Å². The molecule has 0 aliphatic carbocycles. The topological polar surface area (TPSA) is 41.6 Å². The van der Waals surface area contributed by atoms with E-state index in [1.54, 1.807) is 6.20 Å². The number of benzene rings is 2. The summed E-state index contributed by atoms with van der Waals surface area (Å²) in [5.74, 6) is 0.821. The average molecular weight is 323 g/mol. The van der Waals surface area contributed by atoms with Gasteiger partial charge >= 0.3 is 0 Å². The Kier molecular flexibility index (Phi) is 4.21. The minimum Gasteiger partial charge on any atom is -0.338 e. The van der Waals surface area contributed by atoms with Gasteiger partial charge in [0.25, 0.3) is 0 Å². The first-order chi connectivity index (χ1) is 12.4. The fourth-order valence-corrected chi connectivity index (χ4v) is 2.74. The number of hydrogen-bond donors (Lipinski definition) is 1. The molecule has 0 atom stereocenters. The van der Waals surface area contributed by atoms with Crippen molar-refractivity contribution in [2.24, 2.45) is 0 Å². The Bertz CT molecular complexity index is 915. The molecule has 2 heterocycles. The highest BCUT2D eigenvalue weighted by molar-refractivity contribution is 5.80. The first-order valence-corrected chi connectivity index (χ1v) is 8.19. The van der Waals surface area contributed by atoms with Crippen LogP contribution in [-0.4, -0.2) is 15.0 Å². The van der Waals surface area contributed by atoms with E-state index in [0.29, 0.717) is 0 Å². The molecule has 0 fully saturated rings. The van der Waals surface area contributed by atoms with Crippen LogP contribution in [0.15, 0.2) is 85.2 Å². The lowest BCUT2D eigenvalue weighted by Gasteiger charge is -2.02. The zero-order valence-electron chi connectivity index (χ0n) is 13.6. The lowest BCUT2D eigenvalue weighted by molar-refractivity contribution is 1.27. The number of imidazole rings is 1. The van der Waals surface area contributed by atoms with E-state index < -0.39 is 0 Å². The highest BCUT2D eigenvalue weighted by Crippen LogP contribution is 2.30. The molecule has 3 nitrogen and oxygen atoms in total. The summed E-state index contributed by atoms with van der Waals surface area (Å²) in [6.07, 6.45) is 7.59. The van der Waals surface area contributed by atoms with E-state index in [2.05, 4.69) is 34.2 Å². The highest BCUT2D eigenvalue weighted by atomic mass is 14.9. The van der Waals surface area contributed by atoms with Gasteiger partial charge in [0.1, 0.15) is 5.82 Å². The summed E-state index contributed by atoms with van der Waals surface area (Å²) in [5, 5.41) is 0. The number of pyridine rings is 1. The Hall–Kier alpha value is -3.46. The van der Waals surface area contributed by atoms with Crippen molar-refractivity contribution in [2.45, 2.75) is 0 Å². The van der Waals surface area contributed by atoms with Crippen molar-refractivity contribution in [3.63, 3.8) is 0 Å². The Labute approximate surface area is 146 Å². The number of aromatic nitrogens is 3. The standard InChI is InChI=1S/C22H17N3/c1-3-9-18(10-4-1)21-22(19-11-5-2-6-12-19)25-20(24-21)14-13-17-8-7-15-23-16-17/h1-16H,(H,24,25)/b14-13+. The van der Waals surface area contributed by atoms with Gasteiger partial charge in [0, 0.05) is 23.5 Å². The SMILES string of the molecule is C(=C\c1nc(-c2ccccc2)c(-c2ccccc2)[nH]1)/c1cccnc1. The van der Waals surface area contributed by atoms with Crippen LogP contribution in [0.1, 0.15) is 11.4 Å². The van der Waals surface area contributed by atoms with Crippen molar-refractivity contribution in [3.8, 4) is 22.5 Å². The predicted molar refractivity (Wildman–Crippen MR) is 103 cm³/mol. The minimum atomic E-state index is 0.821. The third-order valence-electron chi connectivity index (χ3n) is 3.95. The second-order valence-electron chi connectivity index (χ2n) is 5.70. The van der Waals surface area contributed by atoms with E-state index in [-0.39, 0.29) is 0 Å². The lowest BCUT2D eigenvalue weighted by Crippen LogP contribution is -1.82. The summed E-state index contributed by atoms with van der Waals surface area (Å²) in [7, 11) is 0. The summed E-state index contributed by atoms with van der Waals surface area (Å²) in [5.41, 5.74) is 5.24. The zero-order valence-corrected chi connectivity index (χ0v) is 13.6. The van der Waals surface area contributed by atoms with Crippen molar-refractivity contribution >= 4 is 12.2 Å². The molecule has 4 rings (SSSR count). The number of H-pyrrole nitrogens is 1. The van der Waals surface area contributed by atoms with E-state index in [4.69, 9.17) is 4.98 Å². The summed E-state index contributed by atoms with van der Waals surface area (Å²) in [6.45, 7) is 0. The van der Waals surface area contributed by atoms with Gasteiger partial charge in [-0.25, -0.2) is 4.98 Å². The Morgan fingerprint density at radius 3 is 2.12 bits per heavy atom. The van der Waals surface area contributed by atoms with E-state index in [1.807, 2.05) is 66.9 Å². The molecule has 0 aliphatic heterocycles. The van der Waals surface area contributed by atoms with Gasteiger partial charge in [-0.3, -0.25) is 4.98 Å². The Morgan fingerprint density at radius 1 is 0.720 bits per heavy atom. The van der Waals surface area contributed by atoms with Crippen molar-refractivity contribution < 1.29 is 0 Å². The third-order valence-corrected chi connectivity index (χ3v) is 3.95. The zero-order chi connectivity index (χ0) is 16.9. The minimum absolute atomic E-state index is 0.821. The van der Waals surface area contributed by atoms with E-state index in [9.17, 15) is 0 Å². The van der Waals surface area contributed by atoms with Gasteiger partial charge in [0.2, 0.25) is 0 Å². The maximum Gasteiger partial charge on any atom is 0.131 e. The fraction of sp³-hybridized carbons (Fsp3) is 0. The number of nitrogens with zero attached hydrogens (tertiary/aromatic N) is 2. The molecule has 0 unspecified atom stereocenters. The number of hydrogen-bond acceptors (Lipinski definition) is 2. The van der Waals surface area contributed by atoms with Gasteiger partial charge in [-0.15, -0.1) is 0 Å². The van der Waals surface area contributed by atoms with E-state index in [0.717, 1.165) is 33.9 Å². The van der Waals surface area contributed by atoms with Gasteiger partial charge in [0.15, 0.2) is 0 Å². The van der Waals surface area contributed by atoms with Gasteiger partial charge in [-0.2, -0.15) is 0 Å². The maximum absolute atomic E-state index is 4.81. The van der Waals surface area contributed by atoms with Crippen LogP contribution in [0.4, 0.5) is 0 Å². The summed E-state index contributed by atoms with van der Waals surface area (Å²) < 4.78 is 0. The van der Waals surface area contributed by atoms with Gasteiger partial charge in [0.05, 0.1) is 11.4 Å². The van der Waals surface area contributed by atoms with Crippen LogP contribution in [-0.2, 0) is 0 Å². The Balaban J connectivity index is 1.77. The molecule has 3 heteroatoms. The first-order valence-electron chi connectivity index (χ1n) is 8.19. The van der Waals surface area contributed by atoms with Crippen LogP contribution in [0.5, 0.6) is 0 Å². The molecule has 0 aliphatic rings. The van der Waals surface area contributed by atoms with E-state index >= 15 is 0 Å². The third kappa shape index (κ3) is 3.40. The van der Waals surface area contributed by atoms with Crippen molar-refractivity contribution in [1.82, 2.24) is 15.0 Å². The molecule has 1 N–H and O–H groups in total. The molecular weight excluding hydrogens is 306 g/mol. The monoisotopic (exact) mass is 323 g/mol. The van der Waals surface area contributed by atoms with Gasteiger partial charge in [-0.1, -0.05) is 66.7 Å². The smallest absolute Gasteiger partial charge is 0.131 e. The van der Waals surface area contributed by atoms with Crippen molar-refractivity contribution in [3.05, 3.63) is 96.6 Å². The second-order valence-corrected chi connectivity index (χ2v) is 5.70. The molecule has 2 aromatic carbocycles. The molecule has 4 aromatic rings. The number of aromatic amines is 1. The van der Waals surface area contributed by atoms with Crippen LogP contribution in [0, 0.1) is 0 Å². The molecule has 0 saturated heterocycles. The molecule has 120 valence electrons. The number of nitrogens with one attached hydrogen (secondary N) is 1. The van der Waals surface area contributed by atoms with Crippen molar-refractivity contribution in [2.75, 3.05) is 0 Å². The van der Waals surface area contributed by atoms with Crippen LogP contribution >= 0.6 is 0 Å². The quantitative estimate of drug-likeness (QED) is 0.553. The number of rotatable bonds is 4. The second kappa shape index (κ2) is 6.97. The van der Waals surface area contributed by atoms with Crippen LogP contribution in [0.2, 0.25) is 0 Å². The predicted octanol–water partition coefficient (Wildman–Crippen LogP) is 5.31. The fourth-order valence-electron chi connectivity index (χ4n) is 2.74. The highest BCUT2D eigenvalue weighted by Gasteiger charge is 2.12. The molecule has 2 aromatic heterocycles. The largest absolute Gasteiger partial charge is 0.338 e. The van der Waals surface area contributed by atoms with Gasteiger partial charge in [-0.05, 0) is 23.8 Å². The molecule has 0 radical (unpaired) electrons. The van der Waals surface area contributed by atoms with E-state index in [1.165, 1.54) is 0 Å². The molecule has 0 spiro atoms. The first kappa shape index (κ1) is 15.1. The normalized spacial score (nSPS) is 11.0. The summed E-state index contributed by atoms with van der Waals surface area (Å²) in [4.78, 5) is 12.4. The van der Waals surface area contributed by atoms with Gasteiger partial charge < -0.3 is 4.98 Å². The molecule has 0 amide bonds. The summed E-state index contributed by atoms with van der Waals surface area (Å²) >= 11 is 0. The Morgan fingerprint density at radius 2 is 1.44 bits per heavy atom. The molecular formula is C22H17N3. The maximum atomic E-state index is 4.81. The molecule has 0 bridgehead atoms. The summed E-state index contributed by atoms with van der Waals surface area (Å²) in [6, 6.07) is 24.5. The van der Waals surface area contributed by atoms with Crippen LogP contribution < -0.4 is 0 Å². The lowest BCUT2D eigenvalue weighted by atomic mass is 10.1. The molecule has 25 heavy (non-hydrogen) atoms.